The van der Waals surface area contributed by atoms with Gasteiger partial charge in [-0.3, -0.25) is 4.79 Å². The Bertz CT molecular complexity index is 842. The Morgan fingerprint density at radius 2 is 2.04 bits per heavy atom. The molecule has 1 unspecified atom stereocenters. The highest BCUT2D eigenvalue weighted by molar-refractivity contribution is 8.00. The SMILES string of the molecule is Cc1ccccc1NC(=O)C(C)Sc1nnc(-c2ccco2)n1C. The van der Waals surface area contributed by atoms with Crippen molar-refractivity contribution in [3.05, 3.63) is 48.2 Å². The summed E-state index contributed by atoms with van der Waals surface area (Å²) in [6.07, 6.45) is 1.59. The molecule has 0 aliphatic rings. The number of benzene rings is 1. The fourth-order valence-electron chi connectivity index (χ4n) is 2.20. The summed E-state index contributed by atoms with van der Waals surface area (Å²) in [5.41, 5.74) is 1.85. The summed E-state index contributed by atoms with van der Waals surface area (Å²) in [5, 5.41) is 11.6. The molecule has 0 saturated carbocycles. The molecule has 3 rings (SSSR count). The summed E-state index contributed by atoms with van der Waals surface area (Å²) in [6.45, 7) is 3.81. The molecule has 24 heavy (non-hydrogen) atoms. The Balaban J connectivity index is 1.70. The second-order valence-corrected chi connectivity index (χ2v) is 6.71. The highest BCUT2D eigenvalue weighted by Crippen LogP contribution is 2.26. The van der Waals surface area contributed by atoms with Crippen molar-refractivity contribution in [3.8, 4) is 11.6 Å². The van der Waals surface area contributed by atoms with Gasteiger partial charge in [-0.05, 0) is 37.6 Å². The van der Waals surface area contributed by atoms with E-state index >= 15 is 0 Å². The maximum atomic E-state index is 12.4. The van der Waals surface area contributed by atoms with Gasteiger partial charge in [0, 0.05) is 12.7 Å². The van der Waals surface area contributed by atoms with Crippen LogP contribution < -0.4 is 5.32 Å². The van der Waals surface area contributed by atoms with E-state index in [0.29, 0.717) is 16.7 Å². The molecule has 1 amide bonds. The van der Waals surface area contributed by atoms with E-state index < -0.39 is 0 Å². The third-order valence-corrected chi connectivity index (χ3v) is 4.76. The van der Waals surface area contributed by atoms with Gasteiger partial charge in [-0.2, -0.15) is 0 Å². The van der Waals surface area contributed by atoms with Gasteiger partial charge < -0.3 is 14.3 Å². The third kappa shape index (κ3) is 3.35. The second-order valence-electron chi connectivity index (χ2n) is 5.41. The van der Waals surface area contributed by atoms with Crippen molar-refractivity contribution in [1.29, 1.82) is 0 Å². The predicted octanol–water partition coefficient (Wildman–Crippen LogP) is 3.50. The van der Waals surface area contributed by atoms with E-state index in [9.17, 15) is 4.79 Å². The van der Waals surface area contributed by atoms with Crippen molar-refractivity contribution >= 4 is 23.4 Å². The van der Waals surface area contributed by atoms with Crippen LogP contribution >= 0.6 is 11.8 Å². The maximum Gasteiger partial charge on any atom is 0.237 e. The molecule has 2 heterocycles. The first-order valence-corrected chi connectivity index (χ1v) is 8.40. The van der Waals surface area contributed by atoms with E-state index in [-0.39, 0.29) is 11.2 Å². The van der Waals surface area contributed by atoms with E-state index in [1.807, 2.05) is 55.8 Å². The predicted molar refractivity (Wildman–Crippen MR) is 93.8 cm³/mol. The van der Waals surface area contributed by atoms with Crippen LogP contribution in [0.2, 0.25) is 0 Å². The summed E-state index contributed by atoms with van der Waals surface area (Å²) in [7, 11) is 1.85. The average Bonchev–Trinajstić information content (AvgIpc) is 3.20. The number of rotatable bonds is 5. The number of carbonyl (C=O) groups excluding carboxylic acids is 1. The quantitative estimate of drug-likeness (QED) is 0.718. The number of hydrogen-bond acceptors (Lipinski definition) is 5. The van der Waals surface area contributed by atoms with Gasteiger partial charge >= 0.3 is 0 Å². The number of furan rings is 1. The molecule has 1 N–H and O–H groups in total. The molecular weight excluding hydrogens is 324 g/mol. The average molecular weight is 342 g/mol. The normalized spacial score (nSPS) is 12.1. The fraction of sp³-hybridized carbons (Fsp3) is 0.235. The molecular formula is C17H18N4O2S. The van der Waals surface area contributed by atoms with Gasteiger partial charge in [0.15, 0.2) is 16.7 Å². The lowest BCUT2D eigenvalue weighted by Crippen LogP contribution is -2.23. The summed E-state index contributed by atoms with van der Waals surface area (Å²) in [5.74, 6) is 1.21. The van der Waals surface area contributed by atoms with Crippen LogP contribution in [0, 0.1) is 6.92 Å². The van der Waals surface area contributed by atoms with Crippen molar-refractivity contribution in [1.82, 2.24) is 14.8 Å². The fourth-order valence-corrected chi connectivity index (χ4v) is 3.01. The van der Waals surface area contributed by atoms with Crippen molar-refractivity contribution in [3.63, 3.8) is 0 Å². The van der Waals surface area contributed by atoms with Crippen LogP contribution in [0.5, 0.6) is 0 Å². The molecule has 0 spiro atoms. The molecule has 0 fully saturated rings. The minimum absolute atomic E-state index is 0.0724. The molecule has 1 atom stereocenters. The Morgan fingerprint density at radius 1 is 1.25 bits per heavy atom. The van der Waals surface area contributed by atoms with Crippen LogP contribution in [0.15, 0.2) is 52.2 Å². The van der Waals surface area contributed by atoms with Gasteiger partial charge in [0.25, 0.3) is 0 Å². The molecule has 124 valence electrons. The van der Waals surface area contributed by atoms with Crippen LogP contribution in [0.4, 0.5) is 5.69 Å². The standard InChI is InChI=1S/C17H18N4O2S/c1-11-7-4-5-8-13(11)18-16(22)12(2)24-17-20-19-15(21(17)3)14-9-6-10-23-14/h4-10,12H,1-3H3,(H,18,22). The van der Waals surface area contributed by atoms with Crippen molar-refractivity contribution in [2.45, 2.75) is 24.3 Å². The molecule has 0 bridgehead atoms. The highest BCUT2D eigenvalue weighted by atomic mass is 32.2. The van der Waals surface area contributed by atoms with Gasteiger partial charge in [-0.1, -0.05) is 30.0 Å². The van der Waals surface area contributed by atoms with Gasteiger partial charge in [0.05, 0.1) is 11.5 Å². The first-order chi connectivity index (χ1) is 11.6. The lowest BCUT2D eigenvalue weighted by molar-refractivity contribution is -0.115. The Hall–Kier alpha value is -2.54. The Labute approximate surface area is 144 Å². The number of para-hydroxylation sites is 1. The second kappa shape index (κ2) is 6.92. The van der Waals surface area contributed by atoms with Crippen molar-refractivity contribution in [2.24, 2.45) is 7.05 Å². The summed E-state index contributed by atoms with van der Waals surface area (Å²) >= 11 is 1.36. The van der Waals surface area contributed by atoms with E-state index in [1.54, 1.807) is 12.3 Å². The summed E-state index contributed by atoms with van der Waals surface area (Å²) in [6, 6.07) is 11.3. The number of thioether (sulfide) groups is 1. The van der Waals surface area contributed by atoms with Gasteiger partial charge in [0.2, 0.25) is 5.91 Å². The molecule has 6 nitrogen and oxygen atoms in total. The zero-order chi connectivity index (χ0) is 17.1. The number of anilines is 1. The van der Waals surface area contributed by atoms with Crippen LogP contribution in [-0.2, 0) is 11.8 Å². The highest BCUT2D eigenvalue weighted by Gasteiger charge is 2.20. The lowest BCUT2D eigenvalue weighted by atomic mass is 10.2. The zero-order valence-electron chi connectivity index (χ0n) is 13.7. The maximum absolute atomic E-state index is 12.4. The molecule has 0 aliphatic heterocycles. The molecule has 2 aromatic heterocycles. The summed E-state index contributed by atoms with van der Waals surface area (Å²) in [4.78, 5) is 12.4. The minimum Gasteiger partial charge on any atom is -0.461 e. The van der Waals surface area contributed by atoms with Gasteiger partial charge in [0.1, 0.15) is 0 Å². The van der Waals surface area contributed by atoms with Crippen molar-refractivity contribution < 1.29 is 9.21 Å². The molecule has 0 aliphatic carbocycles. The minimum atomic E-state index is -0.308. The third-order valence-electron chi connectivity index (χ3n) is 3.63. The molecule has 7 heteroatoms. The van der Waals surface area contributed by atoms with E-state index in [1.165, 1.54) is 11.8 Å². The van der Waals surface area contributed by atoms with Crippen LogP contribution in [-0.4, -0.2) is 25.9 Å². The number of hydrogen-bond donors (Lipinski definition) is 1. The van der Waals surface area contributed by atoms with Crippen molar-refractivity contribution in [2.75, 3.05) is 5.32 Å². The van der Waals surface area contributed by atoms with Crippen LogP contribution in [0.25, 0.3) is 11.6 Å². The number of aryl methyl sites for hydroxylation is 1. The van der Waals surface area contributed by atoms with E-state index in [4.69, 9.17) is 4.42 Å². The lowest BCUT2D eigenvalue weighted by Gasteiger charge is -2.13. The van der Waals surface area contributed by atoms with Crippen LogP contribution in [0.1, 0.15) is 12.5 Å². The zero-order valence-corrected chi connectivity index (χ0v) is 14.5. The molecule has 1 aromatic carbocycles. The Morgan fingerprint density at radius 3 is 2.75 bits per heavy atom. The number of carbonyl (C=O) groups is 1. The monoisotopic (exact) mass is 342 g/mol. The summed E-state index contributed by atoms with van der Waals surface area (Å²) < 4.78 is 7.17. The number of aromatic nitrogens is 3. The van der Waals surface area contributed by atoms with E-state index in [0.717, 1.165) is 11.3 Å². The molecule has 0 saturated heterocycles. The van der Waals surface area contributed by atoms with Gasteiger partial charge in [-0.15, -0.1) is 10.2 Å². The first-order valence-electron chi connectivity index (χ1n) is 7.52. The topological polar surface area (TPSA) is 73.0 Å². The number of amides is 1. The van der Waals surface area contributed by atoms with Crippen LogP contribution in [0.3, 0.4) is 0 Å². The smallest absolute Gasteiger partial charge is 0.237 e. The number of nitrogens with zero attached hydrogens (tertiary/aromatic N) is 3. The molecule has 0 radical (unpaired) electrons. The number of nitrogens with one attached hydrogen (secondary N) is 1. The first kappa shape index (κ1) is 16.3. The Kier molecular flexibility index (Phi) is 4.71. The van der Waals surface area contributed by atoms with Gasteiger partial charge in [-0.25, -0.2) is 0 Å². The van der Waals surface area contributed by atoms with E-state index in [2.05, 4.69) is 15.5 Å². The molecule has 3 aromatic rings. The largest absolute Gasteiger partial charge is 0.461 e.